The lowest BCUT2D eigenvalue weighted by Crippen LogP contribution is -2.45. The summed E-state index contributed by atoms with van der Waals surface area (Å²) >= 11 is 6.31. The molecule has 6 nitrogen and oxygen atoms in total. The van der Waals surface area contributed by atoms with Crippen molar-refractivity contribution in [2.24, 2.45) is 5.92 Å². The lowest BCUT2D eigenvalue weighted by Gasteiger charge is -2.27. The lowest BCUT2D eigenvalue weighted by atomic mass is 9.76. The third-order valence-electron chi connectivity index (χ3n) is 5.90. The molecular formula is C25H21ClN2O4. The highest BCUT2D eigenvalue weighted by atomic mass is 35.5. The number of nitrogens with one attached hydrogen (secondary N) is 1. The van der Waals surface area contributed by atoms with Gasteiger partial charge in [-0.2, -0.15) is 0 Å². The minimum absolute atomic E-state index is 0.183. The zero-order valence-corrected chi connectivity index (χ0v) is 18.1. The number of halogens is 1. The molecule has 1 saturated heterocycles. The second-order valence-electron chi connectivity index (χ2n) is 7.72. The molecule has 0 radical (unpaired) electrons. The maximum atomic E-state index is 13.5. The molecule has 162 valence electrons. The smallest absolute Gasteiger partial charge is 0.315 e. The van der Waals surface area contributed by atoms with Crippen molar-refractivity contribution in [2.45, 2.75) is 18.6 Å². The van der Waals surface area contributed by atoms with E-state index < -0.39 is 29.4 Å². The monoisotopic (exact) mass is 448 g/mol. The summed E-state index contributed by atoms with van der Waals surface area (Å²) in [5.74, 6) is -1.88. The Hall–Kier alpha value is -3.35. The summed E-state index contributed by atoms with van der Waals surface area (Å²) < 4.78 is 5.48. The van der Waals surface area contributed by atoms with Crippen LogP contribution in [0.4, 0.5) is 11.4 Å². The van der Waals surface area contributed by atoms with Crippen molar-refractivity contribution in [2.75, 3.05) is 17.0 Å². The van der Waals surface area contributed by atoms with E-state index in [1.165, 1.54) is 0 Å². The van der Waals surface area contributed by atoms with Gasteiger partial charge < -0.3 is 10.1 Å². The number of rotatable bonds is 4. The van der Waals surface area contributed by atoms with E-state index in [4.69, 9.17) is 21.2 Å². The molecule has 1 spiro atoms. The first-order valence-corrected chi connectivity index (χ1v) is 10.8. The number of hydrogen-bond donors (Lipinski definition) is 1. The Kier molecular flexibility index (Phi) is 5.12. The average Bonchev–Trinajstić information content (AvgIpc) is 3.31. The van der Waals surface area contributed by atoms with Gasteiger partial charge in [-0.15, -0.1) is 0 Å². The van der Waals surface area contributed by atoms with Crippen LogP contribution in [0.3, 0.4) is 0 Å². The van der Waals surface area contributed by atoms with Gasteiger partial charge in [-0.25, -0.2) is 5.06 Å². The minimum atomic E-state index is -1.58. The van der Waals surface area contributed by atoms with Gasteiger partial charge in [0.25, 0.3) is 5.91 Å². The first kappa shape index (κ1) is 20.5. The first-order valence-electron chi connectivity index (χ1n) is 10.4. The molecule has 2 heterocycles. The molecule has 1 fully saturated rings. The van der Waals surface area contributed by atoms with Crippen molar-refractivity contribution in [3.63, 3.8) is 0 Å². The molecule has 1 amide bonds. The van der Waals surface area contributed by atoms with Crippen molar-refractivity contribution in [3.8, 4) is 0 Å². The SMILES string of the molecule is CCOC(=O)C1C(c2cccc(Cl)c2)N(c2ccccc2)OC12C(=O)Nc1ccccc12. The highest BCUT2D eigenvalue weighted by Gasteiger charge is 2.67. The molecule has 3 unspecified atom stereocenters. The number of benzene rings is 3. The van der Waals surface area contributed by atoms with Gasteiger partial charge >= 0.3 is 5.97 Å². The molecular weight excluding hydrogens is 428 g/mol. The number of amides is 1. The van der Waals surface area contributed by atoms with Crippen molar-refractivity contribution < 1.29 is 19.2 Å². The number of carbonyl (C=O) groups excluding carboxylic acids is 2. The van der Waals surface area contributed by atoms with Gasteiger partial charge in [0, 0.05) is 16.3 Å². The van der Waals surface area contributed by atoms with Gasteiger partial charge in [-0.3, -0.25) is 14.4 Å². The number of carbonyl (C=O) groups is 2. The summed E-state index contributed by atoms with van der Waals surface area (Å²) in [6, 6.07) is 23.2. The van der Waals surface area contributed by atoms with Crippen LogP contribution >= 0.6 is 11.6 Å². The molecule has 2 aliphatic rings. The normalized spacial score (nSPS) is 23.8. The number of ether oxygens (including phenoxy) is 1. The first-order chi connectivity index (χ1) is 15.6. The molecule has 3 aromatic rings. The number of esters is 1. The molecule has 32 heavy (non-hydrogen) atoms. The van der Waals surface area contributed by atoms with Gasteiger partial charge in [-0.05, 0) is 42.8 Å². The predicted octanol–water partition coefficient (Wildman–Crippen LogP) is 4.86. The van der Waals surface area contributed by atoms with E-state index in [-0.39, 0.29) is 6.61 Å². The van der Waals surface area contributed by atoms with Crippen LogP contribution in [-0.4, -0.2) is 18.5 Å². The van der Waals surface area contributed by atoms with Crippen LogP contribution < -0.4 is 10.4 Å². The Morgan fingerprint density at radius 3 is 2.59 bits per heavy atom. The molecule has 5 rings (SSSR count). The molecule has 1 N–H and O–H groups in total. The van der Waals surface area contributed by atoms with Crippen molar-refractivity contribution in [1.29, 1.82) is 0 Å². The number of hydrogen-bond acceptors (Lipinski definition) is 5. The van der Waals surface area contributed by atoms with Gasteiger partial charge in [0.05, 0.1) is 18.3 Å². The summed E-state index contributed by atoms with van der Waals surface area (Å²) in [5, 5.41) is 5.05. The van der Waals surface area contributed by atoms with Crippen LogP contribution in [-0.2, 0) is 24.8 Å². The fourth-order valence-corrected chi connectivity index (χ4v) is 4.81. The third kappa shape index (κ3) is 3.06. The molecule has 2 aliphatic heterocycles. The predicted molar refractivity (Wildman–Crippen MR) is 121 cm³/mol. The lowest BCUT2D eigenvalue weighted by molar-refractivity contribution is -0.161. The maximum absolute atomic E-state index is 13.5. The van der Waals surface area contributed by atoms with E-state index in [1.807, 2.05) is 60.7 Å². The quantitative estimate of drug-likeness (QED) is 0.577. The molecule has 7 heteroatoms. The Morgan fingerprint density at radius 1 is 1.09 bits per heavy atom. The summed E-state index contributed by atoms with van der Waals surface area (Å²) in [4.78, 5) is 33.5. The van der Waals surface area contributed by atoms with Gasteiger partial charge in [0.2, 0.25) is 5.60 Å². The van der Waals surface area contributed by atoms with Crippen LogP contribution in [0.25, 0.3) is 0 Å². The van der Waals surface area contributed by atoms with E-state index in [0.29, 0.717) is 22.0 Å². The van der Waals surface area contributed by atoms with Gasteiger partial charge in [0.15, 0.2) is 0 Å². The number of anilines is 2. The Morgan fingerprint density at radius 2 is 1.84 bits per heavy atom. The molecule has 3 atom stereocenters. The van der Waals surface area contributed by atoms with Crippen LogP contribution in [0.15, 0.2) is 78.9 Å². The van der Waals surface area contributed by atoms with Crippen LogP contribution in [0, 0.1) is 5.92 Å². The second kappa shape index (κ2) is 7.97. The van der Waals surface area contributed by atoms with Crippen molar-refractivity contribution in [1.82, 2.24) is 0 Å². The Balaban J connectivity index is 1.77. The van der Waals surface area contributed by atoms with Crippen molar-refractivity contribution >= 4 is 34.9 Å². The van der Waals surface area contributed by atoms with Crippen LogP contribution in [0.2, 0.25) is 5.02 Å². The zero-order valence-electron chi connectivity index (χ0n) is 17.3. The second-order valence-corrected chi connectivity index (χ2v) is 8.15. The van der Waals surface area contributed by atoms with E-state index >= 15 is 0 Å². The fraction of sp³-hybridized carbons (Fsp3) is 0.200. The Labute approximate surface area is 190 Å². The summed E-state index contributed by atoms with van der Waals surface area (Å²) in [6.07, 6.45) is 0. The highest BCUT2D eigenvalue weighted by molar-refractivity contribution is 6.30. The van der Waals surface area contributed by atoms with E-state index in [2.05, 4.69) is 5.32 Å². The number of para-hydroxylation sites is 2. The van der Waals surface area contributed by atoms with Crippen molar-refractivity contribution in [3.05, 3.63) is 95.0 Å². The number of fused-ring (bicyclic) bond motifs is 2. The number of nitrogens with zero attached hydrogens (tertiary/aromatic N) is 1. The molecule has 0 bridgehead atoms. The maximum Gasteiger partial charge on any atom is 0.315 e. The van der Waals surface area contributed by atoms with Gasteiger partial charge in [0.1, 0.15) is 5.92 Å². The van der Waals surface area contributed by atoms with E-state index in [9.17, 15) is 9.59 Å². The summed E-state index contributed by atoms with van der Waals surface area (Å²) in [6.45, 7) is 1.93. The number of hydroxylamine groups is 1. The molecule has 3 aromatic carbocycles. The fourth-order valence-electron chi connectivity index (χ4n) is 4.61. The topological polar surface area (TPSA) is 67.9 Å². The summed E-state index contributed by atoms with van der Waals surface area (Å²) in [7, 11) is 0. The van der Waals surface area contributed by atoms with Crippen LogP contribution in [0.5, 0.6) is 0 Å². The zero-order chi connectivity index (χ0) is 22.3. The van der Waals surface area contributed by atoms with E-state index in [0.717, 1.165) is 5.56 Å². The van der Waals surface area contributed by atoms with Gasteiger partial charge in [-0.1, -0.05) is 60.1 Å². The molecule has 0 aliphatic carbocycles. The summed E-state index contributed by atoms with van der Waals surface area (Å²) in [5.41, 5.74) is 1.10. The Bertz CT molecular complexity index is 1190. The van der Waals surface area contributed by atoms with E-state index in [1.54, 1.807) is 30.2 Å². The highest BCUT2D eigenvalue weighted by Crippen LogP contribution is 2.57. The standard InChI is InChI=1S/C25H21ClN2O4/c1-2-31-23(29)21-22(16-9-8-10-17(26)15-16)28(18-11-4-3-5-12-18)32-25(21)19-13-6-7-14-20(19)27-24(25)30/h3-15,21-22H,2H2,1H3,(H,27,30). The molecule has 0 aromatic heterocycles. The average molecular weight is 449 g/mol. The largest absolute Gasteiger partial charge is 0.466 e. The van der Waals surface area contributed by atoms with Crippen LogP contribution in [0.1, 0.15) is 24.1 Å². The minimum Gasteiger partial charge on any atom is -0.466 e. The molecule has 0 saturated carbocycles. The third-order valence-corrected chi connectivity index (χ3v) is 6.14.